The van der Waals surface area contributed by atoms with Crippen LogP contribution in [0.3, 0.4) is 0 Å². The Morgan fingerprint density at radius 3 is 2.31 bits per heavy atom. The zero-order chi connectivity index (χ0) is 43.6. The van der Waals surface area contributed by atoms with Crippen molar-refractivity contribution in [1.82, 2.24) is 0 Å². The van der Waals surface area contributed by atoms with Crippen LogP contribution < -0.4 is 0 Å². The molecule has 2 aliphatic rings. The van der Waals surface area contributed by atoms with Gasteiger partial charge in [0.15, 0.2) is 12.4 Å². The maximum absolute atomic E-state index is 13.3. The molecule has 2 heterocycles. The highest BCUT2D eigenvalue weighted by Gasteiger charge is 2.53. The fraction of sp³-hybridized carbons (Fsp3) is 0.674. The number of aliphatic hydroxyl groups excluding tert-OH is 7. The number of ether oxygens (including phenoxy) is 5. The van der Waals surface area contributed by atoms with E-state index in [0.29, 0.717) is 18.8 Å². The highest BCUT2D eigenvalue weighted by atomic mass is 16.7. The van der Waals surface area contributed by atoms with Crippen molar-refractivity contribution in [2.45, 2.75) is 159 Å². The molecule has 9 N–H and O–H groups in total. The average molecular weight is 839 g/mol. The van der Waals surface area contributed by atoms with Gasteiger partial charge >= 0.3 is 11.9 Å². The van der Waals surface area contributed by atoms with E-state index in [4.69, 9.17) is 23.7 Å². The number of hydrogen-bond acceptors (Lipinski definition) is 16. The van der Waals surface area contributed by atoms with Crippen molar-refractivity contribution in [2.75, 3.05) is 13.2 Å². The normalized spacial score (nSPS) is 29.2. The number of phenolic OH excluding ortho intramolecular Hbond substituents is 2. The lowest BCUT2D eigenvalue weighted by Crippen LogP contribution is -2.64. The third-order valence-corrected chi connectivity index (χ3v) is 10.8. The lowest BCUT2D eigenvalue weighted by Gasteiger charge is -2.47. The first-order valence-corrected chi connectivity index (χ1v) is 20.7. The average Bonchev–Trinajstić information content (AvgIpc) is 3.21. The molecule has 13 atom stereocenters. The second-order valence-corrected chi connectivity index (χ2v) is 15.4. The standard InChI is InChI=1S/C43H66O16/c1-5-7-10-18-33(49)55-24-32-36(51)37(52)38(53)43(57-32)59-40-31(23-45)56-41(35-27(22-44)20-28(46)21-30(35)48)39(54)42(40)58-34(50)19-14-9-13-17-29(47)26(4)16-12-8-11-15-25(3)6-2/h9,11,13-15,19-21,25-26,29,31-32,36-48,51-54H,5-8,10,12,16-18,22-24H2,1-4H3/b13-9+,15-11+,19-14+. The van der Waals surface area contributed by atoms with Gasteiger partial charge in [-0.25, -0.2) is 4.79 Å². The second-order valence-electron chi connectivity index (χ2n) is 15.4. The molecule has 0 radical (unpaired) electrons. The van der Waals surface area contributed by atoms with Gasteiger partial charge < -0.3 is 69.6 Å². The molecular formula is C43H66O16. The van der Waals surface area contributed by atoms with E-state index in [1.165, 1.54) is 12.2 Å². The number of esters is 2. The van der Waals surface area contributed by atoms with Crippen LogP contribution >= 0.6 is 0 Å². The van der Waals surface area contributed by atoms with Crippen molar-refractivity contribution in [3.05, 3.63) is 59.7 Å². The third-order valence-electron chi connectivity index (χ3n) is 10.8. The van der Waals surface area contributed by atoms with E-state index in [1.54, 1.807) is 6.08 Å². The Morgan fingerprint density at radius 1 is 0.881 bits per heavy atom. The summed E-state index contributed by atoms with van der Waals surface area (Å²) < 4.78 is 28.6. The van der Waals surface area contributed by atoms with Crippen molar-refractivity contribution in [2.24, 2.45) is 11.8 Å². The van der Waals surface area contributed by atoms with E-state index in [-0.39, 0.29) is 23.5 Å². The molecule has 2 saturated heterocycles. The zero-order valence-electron chi connectivity index (χ0n) is 34.5. The number of aromatic hydroxyl groups is 2. The van der Waals surface area contributed by atoms with Crippen LogP contribution in [0, 0.1) is 11.8 Å². The van der Waals surface area contributed by atoms with Gasteiger partial charge in [0.1, 0.15) is 66.9 Å². The van der Waals surface area contributed by atoms with Gasteiger partial charge in [-0.05, 0) is 55.6 Å². The van der Waals surface area contributed by atoms with Crippen LogP contribution in [0.25, 0.3) is 0 Å². The molecule has 2 fully saturated rings. The first kappa shape index (κ1) is 49.9. The number of benzene rings is 1. The van der Waals surface area contributed by atoms with Gasteiger partial charge in [0.2, 0.25) is 0 Å². The number of rotatable bonds is 23. The molecule has 2 aliphatic heterocycles. The van der Waals surface area contributed by atoms with Crippen molar-refractivity contribution in [3.63, 3.8) is 0 Å². The van der Waals surface area contributed by atoms with Gasteiger partial charge in [-0.1, -0.05) is 77.3 Å². The van der Waals surface area contributed by atoms with Crippen LogP contribution in [0.4, 0.5) is 0 Å². The Balaban J connectivity index is 1.80. The summed E-state index contributed by atoms with van der Waals surface area (Å²) >= 11 is 0. The first-order valence-electron chi connectivity index (χ1n) is 20.7. The molecule has 0 aromatic heterocycles. The van der Waals surface area contributed by atoms with E-state index in [0.717, 1.165) is 56.7 Å². The van der Waals surface area contributed by atoms with Crippen LogP contribution in [-0.2, 0) is 39.9 Å². The molecule has 59 heavy (non-hydrogen) atoms. The van der Waals surface area contributed by atoms with E-state index in [1.807, 2.05) is 13.8 Å². The minimum atomic E-state index is -1.93. The minimum absolute atomic E-state index is 0.0428. The van der Waals surface area contributed by atoms with Crippen molar-refractivity contribution in [3.8, 4) is 11.5 Å². The summed E-state index contributed by atoms with van der Waals surface area (Å²) in [5.41, 5.74) is -0.235. The number of unbranched alkanes of at least 4 members (excludes halogenated alkanes) is 3. The molecule has 0 saturated carbocycles. The summed E-state index contributed by atoms with van der Waals surface area (Å²) in [4.78, 5) is 25.5. The van der Waals surface area contributed by atoms with E-state index in [2.05, 4.69) is 26.0 Å². The quantitative estimate of drug-likeness (QED) is 0.0252. The monoisotopic (exact) mass is 838 g/mol. The van der Waals surface area contributed by atoms with Crippen LogP contribution in [0.15, 0.2) is 48.6 Å². The van der Waals surface area contributed by atoms with Crippen LogP contribution in [0.5, 0.6) is 11.5 Å². The van der Waals surface area contributed by atoms with Crippen molar-refractivity contribution >= 4 is 11.9 Å². The second kappa shape index (κ2) is 25.4. The van der Waals surface area contributed by atoms with Gasteiger partial charge in [-0.2, -0.15) is 0 Å². The predicted molar refractivity (Wildman–Crippen MR) is 213 cm³/mol. The molecule has 1 aromatic carbocycles. The van der Waals surface area contributed by atoms with E-state index in [9.17, 15) is 55.5 Å². The van der Waals surface area contributed by atoms with E-state index < -0.39 is 111 Å². The van der Waals surface area contributed by atoms with Gasteiger partial charge in [-0.15, -0.1) is 0 Å². The van der Waals surface area contributed by atoms with Crippen molar-refractivity contribution in [1.29, 1.82) is 0 Å². The van der Waals surface area contributed by atoms with Gasteiger partial charge in [-0.3, -0.25) is 4.79 Å². The smallest absolute Gasteiger partial charge is 0.331 e. The topological polar surface area (TPSA) is 262 Å². The molecule has 0 amide bonds. The highest BCUT2D eigenvalue weighted by Crippen LogP contribution is 2.42. The summed E-state index contributed by atoms with van der Waals surface area (Å²) in [6.45, 7) is 6.16. The molecule has 16 heteroatoms. The number of carbonyl (C=O) groups is 2. The fourth-order valence-corrected chi connectivity index (χ4v) is 6.89. The number of phenols is 2. The van der Waals surface area contributed by atoms with Gasteiger partial charge in [0.25, 0.3) is 0 Å². The number of allylic oxidation sites excluding steroid dienone is 4. The SMILES string of the molecule is CCCCCC(=O)OCC1OC(OC2C(CO)OC(c3c(O)cc(O)cc3CO)C(O)C2OC(=O)/C=C/C=C/CC(O)C(C)CCC/C=C/C(C)CC)C(O)C(O)C1O. The summed E-state index contributed by atoms with van der Waals surface area (Å²) in [6, 6.07) is 2.06. The summed E-state index contributed by atoms with van der Waals surface area (Å²) in [5, 5.41) is 95.9. The summed E-state index contributed by atoms with van der Waals surface area (Å²) in [5.74, 6) is -1.99. The number of aliphatic hydroxyl groups is 7. The minimum Gasteiger partial charge on any atom is -0.508 e. The zero-order valence-corrected chi connectivity index (χ0v) is 34.5. The Morgan fingerprint density at radius 2 is 1.63 bits per heavy atom. The molecule has 3 rings (SSSR count). The molecule has 0 aliphatic carbocycles. The summed E-state index contributed by atoms with van der Waals surface area (Å²) in [7, 11) is 0. The number of carbonyl (C=O) groups excluding carboxylic acids is 2. The van der Waals surface area contributed by atoms with E-state index >= 15 is 0 Å². The molecular weight excluding hydrogens is 772 g/mol. The molecule has 16 nitrogen and oxygen atoms in total. The predicted octanol–water partition coefficient (Wildman–Crippen LogP) is 2.88. The maximum atomic E-state index is 13.3. The Bertz CT molecular complexity index is 1510. The fourth-order valence-electron chi connectivity index (χ4n) is 6.89. The molecule has 0 spiro atoms. The Kier molecular flexibility index (Phi) is 21.5. The molecule has 1 aromatic rings. The first-order chi connectivity index (χ1) is 28.2. The van der Waals surface area contributed by atoms with Crippen molar-refractivity contribution < 1.29 is 79.2 Å². The van der Waals surface area contributed by atoms with Crippen LogP contribution in [0.2, 0.25) is 0 Å². The molecule has 0 bridgehead atoms. The number of hydrogen-bond donors (Lipinski definition) is 9. The lowest BCUT2D eigenvalue weighted by molar-refractivity contribution is -0.343. The molecule has 334 valence electrons. The maximum Gasteiger partial charge on any atom is 0.331 e. The Hall–Kier alpha value is -3.42. The van der Waals surface area contributed by atoms with Crippen LogP contribution in [0.1, 0.15) is 103 Å². The third kappa shape index (κ3) is 14.9. The molecule has 13 unspecified atom stereocenters. The largest absolute Gasteiger partial charge is 0.508 e. The van der Waals surface area contributed by atoms with Gasteiger partial charge in [0.05, 0.1) is 19.3 Å². The summed E-state index contributed by atoms with van der Waals surface area (Å²) in [6.07, 6.45) is -1.19. The van der Waals surface area contributed by atoms with Gasteiger partial charge in [0, 0.05) is 24.1 Å². The van der Waals surface area contributed by atoms with Crippen LogP contribution in [-0.4, -0.2) is 132 Å². The highest BCUT2D eigenvalue weighted by molar-refractivity contribution is 5.82. The Labute approximate surface area is 346 Å². The lowest BCUT2D eigenvalue weighted by atomic mass is 9.88.